The van der Waals surface area contributed by atoms with Crippen molar-refractivity contribution in [2.24, 2.45) is 0 Å². The maximum atomic E-state index is 13.6. The van der Waals surface area contributed by atoms with Crippen molar-refractivity contribution >= 4 is 40.1 Å². The number of nitrogens with one attached hydrogen (secondary N) is 1. The summed E-state index contributed by atoms with van der Waals surface area (Å²) in [6, 6.07) is 9.50. The first-order chi connectivity index (χ1) is 21.0. The molecule has 1 N–H and O–H groups in total. The number of pyridine rings is 1. The van der Waals surface area contributed by atoms with Gasteiger partial charge in [0.15, 0.2) is 29.6 Å². The Hall–Kier alpha value is -4.91. The van der Waals surface area contributed by atoms with Crippen LogP contribution in [0.2, 0.25) is 0 Å². The lowest BCUT2D eigenvalue weighted by molar-refractivity contribution is -0.121. The van der Waals surface area contributed by atoms with Crippen molar-refractivity contribution in [3.63, 3.8) is 0 Å². The number of piperazine rings is 1. The Labute approximate surface area is 247 Å². The summed E-state index contributed by atoms with van der Waals surface area (Å²) in [4.78, 5) is 46.6. The summed E-state index contributed by atoms with van der Waals surface area (Å²) in [6.07, 6.45) is 7.05. The molecule has 0 spiro atoms. The van der Waals surface area contributed by atoms with E-state index in [-0.39, 0.29) is 18.1 Å². The predicted octanol–water partition coefficient (Wildman–Crippen LogP) is 2.56. The molecule has 6 heterocycles. The number of amides is 1. The van der Waals surface area contributed by atoms with Crippen molar-refractivity contribution < 1.29 is 14.3 Å². The Balaban J connectivity index is 1.28. The van der Waals surface area contributed by atoms with Gasteiger partial charge in [-0.25, -0.2) is 19.3 Å². The summed E-state index contributed by atoms with van der Waals surface area (Å²) in [6.45, 7) is 4.69. The number of anilines is 4. The molecule has 0 aliphatic carbocycles. The van der Waals surface area contributed by atoms with Crippen molar-refractivity contribution in [1.29, 1.82) is 0 Å². The number of allylic oxidation sites excluding steroid dienone is 2. The van der Waals surface area contributed by atoms with Gasteiger partial charge < -0.3 is 24.6 Å². The molecule has 43 heavy (non-hydrogen) atoms. The summed E-state index contributed by atoms with van der Waals surface area (Å²) in [5.74, 6) is 2.36. The fraction of sp³-hybridized carbons (Fsp3) is 0.367. The maximum absolute atomic E-state index is 13.6. The van der Waals surface area contributed by atoms with Crippen LogP contribution < -0.4 is 30.1 Å². The van der Waals surface area contributed by atoms with Gasteiger partial charge in [-0.2, -0.15) is 4.98 Å². The third kappa shape index (κ3) is 4.95. The van der Waals surface area contributed by atoms with Gasteiger partial charge >= 0.3 is 0 Å². The van der Waals surface area contributed by atoms with Gasteiger partial charge in [0, 0.05) is 50.7 Å². The normalized spacial score (nSPS) is 18.0. The molecule has 13 heteroatoms. The minimum atomic E-state index is -0.231. The molecule has 1 fully saturated rings. The lowest BCUT2D eigenvalue weighted by Gasteiger charge is -2.34. The minimum absolute atomic E-state index is 0.0234. The van der Waals surface area contributed by atoms with Crippen LogP contribution in [0.15, 0.2) is 53.5 Å². The molecular weight excluding hydrogens is 550 g/mol. The molecule has 2 bridgehead atoms. The number of carbonyl (C=O) groups is 1. The molecule has 0 radical (unpaired) electrons. The minimum Gasteiger partial charge on any atom is -0.495 e. The lowest BCUT2D eigenvalue weighted by atomic mass is 10.2. The average molecular weight is 584 g/mol. The Bertz CT molecular complexity index is 1790. The fourth-order valence-corrected chi connectivity index (χ4v) is 5.75. The Morgan fingerprint density at radius 2 is 1.86 bits per heavy atom. The number of methoxy groups -OCH3 is 1. The van der Waals surface area contributed by atoms with Gasteiger partial charge in [-0.3, -0.25) is 14.5 Å². The molecule has 7 rings (SSSR count). The van der Waals surface area contributed by atoms with Crippen LogP contribution in [-0.2, 0) is 11.3 Å². The number of hydrogen-bond acceptors (Lipinski definition) is 10. The van der Waals surface area contributed by atoms with Gasteiger partial charge in [0.05, 0.1) is 19.3 Å². The number of likely N-dealkylation sites (N-methyl/N-ethyl adjacent to an activating group) is 1. The molecule has 0 atom stereocenters. The summed E-state index contributed by atoms with van der Waals surface area (Å²) < 4.78 is 14.7. The van der Waals surface area contributed by atoms with Crippen LogP contribution in [-0.4, -0.2) is 88.6 Å². The van der Waals surface area contributed by atoms with Crippen LogP contribution in [0.4, 0.5) is 23.1 Å². The molecule has 1 aromatic carbocycles. The van der Waals surface area contributed by atoms with Crippen molar-refractivity contribution in [3.8, 4) is 17.3 Å². The van der Waals surface area contributed by atoms with E-state index in [4.69, 9.17) is 19.4 Å². The molecule has 1 saturated heterocycles. The van der Waals surface area contributed by atoms with Gasteiger partial charge in [0.2, 0.25) is 5.95 Å². The average Bonchev–Trinajstić information content (AvgIpc) is 3.29. The van der Waals surface area contributed by atoms with Gasteiger partial charge in [0.1, 0.15) is 11.1 Å². The van der Waals surface area contributed by atoms with Crippen molar-refractivity contribution in [1.82, 2.24) is 29.2 Å². The lowest BCUT2D eigenvalue weighted by Crippen LogP contribution is -2.44. The highest BCUT2D eigenvalue weighted by Gasteiger charge is 2.28. The van der Waals surface area contributed by atoms with Gasteiger partial charge in [0.25, 0.3) is 11.5 Å². The Morgan fingerprint density at radius 3 is 2.70 bits per heavy atom. The first-order valence-corrected chi connectivity index (χ1v) is 14.5. The maximum Gasteiger partial charge on any atom is 0.278 e. The molecule has 13 nitrogen and oxygen atoms in total. The van der Waals surface area contributed by atoms with Gasteiger partial charge in [-0.05, 0) is 44.2 Å². The van der Waals surface area contributed by atoms with E-state index in [1.54, 1.807) is 33.5 Å². The van der Waals surface area contributed by atoms with Crippen LogP contribution in [0, 0.1) is 0 Å². The zero-order valence-corrected chi connectivity index (χ0v) is 24.2. The highest BCUT2D eigenvalue weighted by molar-refractivity contribution is 5.96. The second-order valence-electron chi connectivity index (χ2n) is 10.9. The van der Waals surface area contributed by atoms with Crippen molar-refractivity contribution in [2.45, 2.75) is 19.4 Å². The quantitative estimate of drug-likeness (QED) is 0.359. The number of hydrogen-bond donors (Lipinski definition) is 1. The van der Waals surface area contributed by atoms with Crippen LogP contribution in [0.5, 0.6) is 11.5 Å². The number of ether oxygens (including phenoxy) is 2. The van der Waals surface area contributed by atoms with E-state index in [0.717, 1.165) is 56.1 Å². The fourth-order valence-electron chi connectivity index (χ4n) is 5.75. The summed E-state index contributed by atoms with van der Waals surface area (Å²) in [5.41, 5.74) is 1.96. The number of carbonyl (C=O) groups excluding carboxylic acids is 1. The van der Waals surface area contributed by atoms with E-state index >= 15 is 0 Å². The monoisotopic (exact) mass is 583 g/mol. The number of fused-ring (bicyclic) bond motifs is 5. The van der Waals surface area contributed by atoms with Crippen LogP contribution in [0.3, 0.4) is 0 Å². The number of rotatable bonds is 4. The number of nitrogens with zero attached hydrogens (tertiary/aromatic N) is 8. The first-order valence-electron chi connectivity index (χ1n) is 14.5. The van der Waals surface area contributed by atoms with Crippen molar-refractivity contribution in [3.05, 3.63) is 59.0 Å². The summed E-state index contributed by atoms with van der Waals surface area (Å²) in [7, 11) is 3.80. The third-order valence-electron chi connectivity index (χ3n) is 8.10. The summed E-state index contributed by atoms with van der Waals surface area (Å²) in [5, 5.41) is 3.64. The van der Waals surface area contributed by atoms with E-state index < -0.39 is 0 Å². The molecule has 222 valence electrons. The zero-order valence-electron chi connectivity index (χ0n) is 24.2. The van der Waals surface area contributed by atoms with E-state index in [1.807, 2.05) is 30.4 Å². The molecule has 3 aliphatic rings. The van der Waals surface area contributed by atoms with Gasteiger partial charge in [-0.1, -0.05) is 12.2 Å². The number of aromatic nitrogens is 5. The third-order valence-corrected chi connectivity index (χ3v) is 8.10. The van der Waals surface area contributed by atoms with E-state index in [1.165, 1.54) is 6.20 Å². The standard InChI is InChI=1S/C30H33N9O4/c1-35-13-15-36(16-14-35)22-8-7-20(17-24(22)42-2)32-30-31-18-21-27(34-30)39-25-10-9-23-28(33-25)37(26(40)19-43-23)11-5-3-4-6-12-38(39)29(21)41/h4,6-10,17-18H,3,5,11-16,19H2,1-2H3,(H,31,32,34)/b6-4+. The van der Waals surface area contributed by atoms with Crippen LogP contribution >= 0.6 is 0 Å². The second-order valence-corrected chi connectivity index (χ2v) is 10.9. The molecule has 3 aliphatic heterocycles. The van der Waals surface area contributed by atoms with Crippen molar-refractivity contribution in [2.75, 3.05) is 68.6 Å². The molecule has 4 aromatic rings. The highest BCUT2D eigenvalue weighted by Crippen LogP contribution is 2.34. The van der Waals surface area contributed by atoms with Crippen LogP contribution in [0.25, 0.3) is 16.9 Å². The largest absolute Gasteiger partial charge is 0.495 e. The SMILES string of the molecule is COc1cc(Nc2ncc3c(=O)n4n(c3n2)-c2ccc3c(n2)N(CCC/C=C/C4)C(=O)CO3)ccc1N1CCN(C)CC1. The van der Waals surface area contributed by atoms with E-state index in [2.05, 4.69) is 27.1 Å². The Kier molecular flexibility index (Phi) is 6.93. The van der Waals surface area contributed by atoms with Crippen LogP contribution in [0.1, 0.15) is 12.8 Å². The topological polar surface area (TPSA) is 123 Å². The first kappa shape index (κ1) is 27.0. The second kappa shape index (κ2) is 11.1. The Morgan fingerprint density at radius 1 is 1.00 bits per heavy atom. The van der Waals surface area contributed by atoms with Gasteiger partial charge in [-0.15, -0.1) is 0 Å². The molecule has 3 aromatic heterocycles. The van der Waals surface area contributed by atoms with E-state index in [0.29, 0.717) is 47.5 Å². The predicted molar refractivity (Wildman–Crippen MR) is 163 cm³/mol. The molecule has 1 amide bonds. The molecule has 0 saturated carbocycles. The highest BCUT2D eigenvalue weighted by atomic mass is 16.5. The zero-order chi connectivity index (χ0) is 29.5. The summed E-state index contributed by atoms with van der Waals surface area (Å²) >= 11 is 0. The number of benzene rings is 1. The smallest absolute Gasteiger partial charge is 0.278 e. The molecular formula is C30H33N9O4. The van der Waals surface area contributed by atoms with E-state index in [9.17, 15) is 9.59 Å². The molecule has 0 unspecified atom stereocenters.